The Balaban J connectivity index is 1.94. The van der Waals surface area contributed by atoms with E-state index in [1.807, 2.05) is 19.1 Å². The second kappa shape index (κ2) is 10.8. The van der Waals surface area contributed by atoms with Gasteiger partial charge in [-0.3, -0.25) is 0 Å². The molecule has 0 atom stereocenters. The fourth-order valence-corrected chi connectivity index (χ4v) is 3.77. The van der Waals surface area contributed by atoms with Gasteiger partial charge in [0, 0.05) is 15.6 Å². The summed E-state index contributed by atoms with van der Waals surface area (Å²) in [4.78, 5) is 0. The highest BCUT2D eigenvalue weighted by Crippen LogP contribution is 2.38. The number of halogens is 4. The Labute approximate surface area is 201 Å². The van der Waals surface area contributed by atoms with Gasteiger partial charge in [0.25, 0.3) is 0 Å². The fraction of sp³-hybridized carbons (Fsp3) is 0.125. The maximum Gasteiger partial charge on any atom is 0.180 e. The molecule has 3 aromatic carbocycles. The lowest BCUT2D eigenvalue weighted by molar-refractivity contribution is 0.269. The normalized spacial score (nSPS) is 11.2. The summed E-state index contributed by atoms with van der Waals surface area (Å²) in [6.07, 6.45) is 1.69. The number of rotatable bonds is 7. The molecule has 0 unspecified atom stereocenters. The molecule has 3 nitrogen and oxygen atoms in total. The molecule has 0 fully saturated rings. The summed E-state index contributed by atoms with van der Waals surface area (Å²) < 4.78 is 11.7. The third-order valence-electron chi connectivity index (χ3n) is 4.28. The minimum absolute atomic E-state index is 0.302. The van der Waals surface area contributed by atoms with Crippen LogP contribution in [0.3, 0.4) is 0 Å². The van der Waals surface area contributed by atoms with E-state index in [0.717, 1.165) is 5.56 Å². The number of allylic oxidation sites excluding steroid dienone is 1. The summed E-state index contributed by atoms with van der Waals surface area (Å²) in [5.74, 6) is 0.911. The van der Waals surface area contributed by atoms with Gasteiger partial charge in [-0.1, -0.05) is 64.6 Å². The van der Waals surface area contributed by atoms with Gasteiger partial charge in [0.15, 0.2) is 11.5 Å². The first-order valence-corrected chi connectivity index (χ1v) is 10.8. The molecule has 0 spiro atoms. The van der Waals surface area contributed by atoms with E-state index in [-0.39, 0.29) is 0 Å². The minimum Gasteiger partial charge on any atom is -0.490 e. The van der Waals surface area contributed by atoms with E-state index < -0.39 is 0 Å². The van der Waals surface area contributed by atoms with Crippen LogP contribution in [0.15, 0.2) is 54.6 Å². The van der Waals surface area contributed by atoms with Gasteiger partial charge < -0.3 is 9.47 Å². The number of hydrogen-bond donors (Lipinski definition) is 0. The van der Waals surface area contributed by atoms with Crippen LogP contribution < -0.4 is 9.47 Å². The highest BCUT2D eigenvalue weighted by atomic mass is 35.5. The SMILES string of the molecule is CCOc1cc(/C=C(\C#N)c2ccc(Cl)cc2Cl)cc(Cl)c1OCc1ccc(Cl)cc1. The van der Waals surface area contributed by atoms with Crippen LogP contribution in [0.1, 0.15) is 23.6 Å². The third kappa shape index (κ3) is 6.09. The average Bonchev–Trinajstić information content (AvgIpc) is 2.73. The zero-order chi connectivity index (χ0) is 22.4. The Morgan fingerprint density at radius 2 is 1.61 bits per heavy atom. The molecule has 0 N–H and O–H groups in total. The van der Waals surface area contributed by atoms with Crippen molar-refractivity contribution in [3.8, 4) is 17.6 Å². The predicted octanol–water partition coefficient (Wildman–Crippen LogP) is 8.34. The topological polar surface area (TPSA) is 42.2 Å². The lowest BCUT2D eigenvalue weighted by Gasteiger charge is -2.15. The van der Waals surface area contributed by atoms with E-state index in [1.165, 1.54) is 0 Å². The van der Waals surface area contributed by atoms with Crippen molar-refractivity contribution in [2.75, 3.05) is 6.61 Å². The Kier molecular flexibility index (Phi) is 8.12. The molecule has 158 valence electrons. The molecular weight excluding hydrogens is 476 g/mol. The zero-order valence-corrected chi connectivity index (χ0v) is 19.5. The number of benzene rings is 3. The van der Waals surface area contributed by atoms with Gasteiger partial charge in [0.1, 0.15) is 6.61 Å². The van der Waals surface area contributed by atoms with Crippen LogP contribution in [0.2, 0.25) is 20.1 Å². The lowest BCUT2D eigenvalue weighted by Crippen LogP contribution is -2.01. The zero-order valence-electron chi connectivity index (χ0n) is 16.5. The van der Waals surface area contributed by atoms with Gasteiger partial charge in [0.2, 0.25) is 0 Å². The van der Waals surface area contributed by atoms with Crippen LogP contribution in [0.5, 0.6) is 11.5 Å². The van der Waals surface area contributed by atoms with Crippen molar-refractivity contribution < 1.29 is 9.47 Å². The van der Waals surface area contributed by atoms with Crippen molar-refractivity contribution in [1.29, 1.82) is 5.26 Å². The van der Waals surface area contributed by atoms with Crippen LogP contribution in [0.25, 0.3) is 11.6 Å². The van der Waals surface area contributed by atoms with E-state index in [0.29, 0.717) is 61.5 Å². The minimum atomic E-state index is 0.302. The molecule has 0 amide bonds. The molecule has 0 heterocycles. The van der Waals surface area contributed by atoms with Crippen molar-refractivity contribution in [3.05, 3.63) is 91.4 Å². The summed E-state index contributed by atoms with van der Waals surface area (Å²) >= 11 is 24.7. The highest BCUT2D eigenvalue weighted by Gasteiger charge is 2.14. The molecular formula is C24H17Cl4NO2. The van der Waals surface area contributed by atoms with Gasteiger partial charge in [-0.2, -0.15) is 5.26 Å². The van der Waals surface area contributed by atoms with E-state index in [2.05, 4.69) is 6.07 Å². The van der Waals surface area contributed by atoms with E-state index in [4.69, 9.17) is 55.9 Å². The summed E-state index contributed by atoms with van der Waals surface area (Å²) in [5, 5.41) is 11.6. The van der Waals surface area contributed by atoms with E-state index in [1.54, 1.807) is 48.5 Å². The molecule has 0 radical (unpaired) electrons. The van der Waals surface area contributed by atoms with Gasteiger partial charge in [0.05, 0.1) is 28.3 Å². The maximum atomic E-state index is 9.65. The first-order chi connectivity index (χ1) is 14.9. The molecule has 3 rings (SSSR count). The Bertz CT molecular complexity index is 1150. The van der Waals surface area contributed by atoms with Gasteiger partial charge in [-0.05, 0) is 60.5 Å². The molecule has 31 heavy (non-hydrogen) atoms. The fourth-order valence-electron chi connectivity index (χ4n) is 2.86. The predicted molar refractivity (Wildman–Crippen MR) is 128 cm³/mol. The molecule has 0 aliphatic heterocycles. The van der Waals surface area contributed by atoms with Gasteiger partial charge >= 0.3 is 0 Å². The molecule has 0 aliphatic rings. The average molecular weight is 493 g/mol. The molecule has 0 aromatic heterocycles. The second-order valence-corrected chi connectivity index (χ2v) is 8.16. The summed E-state index contributed by atoms with van der Waals surface area (Å²) in [6, 6.07) is 18.0. The molecule has 3 aromatic rings. The quantitative estimate of drug-likeness (QED) is 0.246. The summed E-state index contributed by atoms with van der Waals surface area (Å²) in [5.41, 5.74) is 2.56. The molecule has 0 bridgehead atoms. The van der Waals surface area contributed by atoms with Crippen molar-refractivity contribution in [3.63, 3.8) is 0 Å². The Morgan fingerprint density at radius 3 is 2.26 bits per heavy atom. The summed E-state index contributed by atoms with van der Waals surface area (Å²) in [6.45, 7) is 2.60. The molecule has 0 aliphatic carbocycles. The third-order valence-corrected chi connectivity index (χ3v) is 5.36. The number of hydrogen-bond acceptors (Lipinski definition) is 3. The second-order valence-electron chi connectivity index (χ2n) is 6.47. The number of nitriles is 1. The van der Waals surface area contributed by atoms with Crippen LogP contribution in [-0.4, -0.2) is 6.61 Å². The van der Waals surface area contributed by atoms with Crippen LogP contribution in [0, 0.1) is 11.3 Å². The highest BCUT2D eigenvalue weighted by molar-refractivity contribution is 6.36. The smallest absolute Gasteiger partial charge is 0.180 e. The van der Waals surface area contributed by atoms with Crippen molar-refractivity contribution >= 4 is 58.1 Å². The maximum absolute atomic E-state index is 9.65. The Hall–Kier alpha value is -2.35. The Morgan fingerprint density at radius 1 is 0.903 bits per heavy atom. The van der Waals surface area contributed by atoms with Gasteiger partial charge in [-0.15, -0.1) is 0 Å². The first kappa shape index (κ1) is 23.3. The monoisotopic (exact) mass is 491 g/mol. The lowest BCUT2D eigenvalue weighted by atomic mass is 10.0. The van der Waals surface area contributed by atoms with E-state index in [9.17, 15) is 5.26 Å². The van der Waals surface area contributed by atoms with Crippen LogP contribution in [0.4, 0.5) is 0 Å². The van der Waals surface area contributed by atoms with Crippen molar-refractivity contribution in [1.82, 2.24) is 0 Å². The van der Waals surface area contributed by atoms with Crippen molar-refractivity contribution in [2.24, 2.45) is 0 Å². The van der Waals surface area contributed by atoms with Gasteiger partial charge in [-0.25, -0.2) is 0 Å². The largest absolute Gasteiger partial charge is 0.490 e. The summed E-state index contributed by atoms with van der Waals surface area (Å²) in [7, 11) is 0. The van der Waals surface area contributed by atoms with E-state index >= 15 is 0 Å². The standard InChI is InChI=1S/C24H17Cl4NO2/c1-2-30-23-11-16(9-17(13-29)20-8-7-19(26)12-21(20)27)10-22(28)24(23)31-14-15-3-5-18(25)6-4-15/h3-12H,2,14H2,1H3/b17-9+. The number of ether oxygens (including phenoxy) is 2. The molecule has 7 heteroatoms. The molecule has 0 saturated heterocycles. The molecule has 0 saturated carbocycles. The van der Waals surface area contributed by atoms with Crippen molar-refractivity contribution in [2.45, 2.75) is 13.5 Å². The first-order valence-electron chi connectivity index (χ1n) is 9.32. The van der Waals surface area contributed by atoms with Crippen LogP contribution in [-0.2, 0) is 6.61 Å². The number of nitrogens with zero attached hydrogens (tertiary/aromatic N) is 1. The van der Waals surface area contributed by atoms with Crippen LogP contribution >= 0.6 is 46.4 Å².